The lowest BCUT2D eigenvalue weighted by Crippen LogP contribution is -2.46. The Morgan fingerprint density at radius 3 is 2.66 bits per heavy atom. The van der Waals surface area contributed by atoms with Crippen molar-refractivity contribution in [3.05, 3.63) is 62.3 Å². The first kappa shape index (κ1) is 26.5. The topological polar surface area (TPSA) is 101 Å². The van der Waals surface area contributed by atoms with E-state index < -0.39 is 4.92 Å². The zero-order valence-electron chi connectivity index (χ0n) is 18.1. The Bertz CT molecular complexity index is 829. The summed E-state index contributed by atoms with van der Waals surface area (Å²) in [6, 6.07) is 10.9. The van der Waals surface area contributed by atoms with Gasteiger partial charge in [0, 0.05) is 50.3 Å². The summed E-state index contributed by atoms with van der Waals surface area (Å²) < 4.78 is 10.7. The van der Waals surface area contributed by atoms with Gasteiger partial charge in [0.1, 0.15) is 0 Å². The third kappa shape index (κ3) is 8.28. The smallest absolute Gasteiger partial charge is 0.269 e. The van der Waals surface area contributed by atoms with E-state index in [0.717, 1.165) is 31.9 Å². The van der Waals surface area contributed by atoms with Crippen molar-refractivity contribution in [1.29, 1.82) is 0 Å². The number of hydrogen-bond donors (Lipinski definition) is 2. The second-order valence-corrected chi connectivity index (χ2v) is 8.05. The lowest BCUT2D eigenvalue weighted by Gasteiger charge is -2.34. The van der Waals surface area contributed by atoms with Gasteiger partial charge in [-0.05, 0) is 17.0 Å². The standard InChI is InChI=1S/C21H29N5O4S.HI/c1-29-11-8-22-21(23-15-17-4-6-18(7-5-17)26(27)28)24-16-19(20-3-2-14-31-20)25-9-12-30-13-10-25;/h2-7,14,19H,8-13,15-16H2,1H3,(H2,22,23,24);1H. The summed E-state index contributed by atoms with van der Waals surface area (Å²) in [6.45, 7) is 5.61. The van der Waals surface area contributed by atoms with Crippen LogP contribution in [0.3, 0.4) is 0 Å². The van der Waals surface area contributed by atoms with Crippen molar-refractivity contribution < 1.29 is 14.4 Å². The number of halogens is 1. The Kier molecular flexibility index (Phi) is 11.9. The van der Waals surface area contributed by atoms with Crippen LogP contribution in [-0.2, 0) is 16.0 Å². The van der Waals surface area contributed by atoms with Crippen LogP contribution >= 0.6 is 35.3 Å². The minimum atomic E-state index is -0.400. The number of nitro groups is 1. The van der Waals surface area contributed by atoms with Crippen molar-refractivity contribution >= 4 is 47.0 Å². The van der Waals surface area contributed by atoms with E-state index in [1.165, 1.54) is 17.0 Å². The first-order valence-corrected chi connectivity index (χ1v) is 11.1. The molecule has 2 aromatic rings. The highest BCUT2D eigenvalue weighted by molar-refractivity contribution is 14.0. The highest BCUT2D eigenvalue weighted by Crippen LogP contribution is 2.25. The van der Waals surface area contributed by atoms with Gasteiger partial charge in [-0.3, -0.25) is 15.0 Å². The van der Waals surface area contributed by atoms with Crippen molar-refractivity contribution in [1.82, 2.24) is 15.5 Å². The van der Waals surface area contributed by atoms with Gasteiger partial charge in [0.15, 0.2) is 5.96 Å². The van der Waals surface area contributed by atoms with Crippen LogP contribution in [0.5, 0.6) is 0 Å². The van der Waals surface area contributed by atoms with E-state index in [-0.39, 0.29) is 35.7 Å². The van der Waals surface area contributed by atoms with E-state index in [0.29, 0.717) is 32.2 Å². The van der Waals surface area contributed by atoms with Crippen LogP contribution in [-0.4, -0.2) is 68.9 Å². The molecule has 1 aliphatic heterocycles. The lowest BCUT2D eigenvalue weighted by atomic mass is 10.2. The van der Waals surface area contributed by atoms with Gasteiger partial charge in [0.25, 0.3) is 5.69 Å². The average molecular weight is 575 g/mol. The molecule has 1 unspecified atom stereocenters. The molecular weight excluding hydrogens is 545 g/mol. The molecule has 3 rings (SSSR count). The third-order valence-corrected chi connectivity index (χ3v) is 5.96. The van der Waals surface area contributed by atoms with Gasteiger partial charge in [-0.1, -0.05) is 18.2 Å². The van der Waals surface area contributed by atoms with E-state index >= 15 is 0 Å². The van der Waals surface area contributed by atoms with E-state index in [9.17, 15) is 10.1 Å². The van der Waals surface area contributed by atoms with Crippen LogP contribution < -0.4 is 10.6 Å². The van der Waals surface area contributed by atoms with Crippen LogP contribution in [0.2, 0.25) is 0 Å². The van der Waals surface area contributed by atoms with Gasteiger partial charge in [-0.25, -0.2) is 4.99 Å². The molecule has 0 amide bonds. The predicted octanol–water partition coefficient (Wildman–Crippen LogP) is 3.03. The molecule has 0 spiro atoms. The summed E-state index contributed by atoms with van der Waals surface area (Å²) >= 11 is 1.75. The number of hydrogen-bond acceptors (Lipinski definition) is 7. The zero-order valence-corrected chi connectivity index (χ0v) is 21.2. The van der Waals surface area contributed by atoms with Gasteiger partial charge in [-0.2, -0.15) is 0 Å². The predicted molar refractivity (Wildman–Crippen MR) is 137 cm³/mol. The van der Waals surface area contributed by atoms with Crippen molar-refractivity contribution in [3.8, 4) is 0 Å². The van der Waals surface area contributed by atoms with E-state index in [2.05, 4.69) is 38.0 Å². The Hall–Kier alpha value is -1.80. The summed E-state index contributed by atoms with van der Waals surface area (Å²) in [6.07, 6.45) is 0. The fourth-order valence-electron chi connectivity index (χ4n) is 3.31. The third-order valence-electron chi connectivity index (χ3n) is 4.99. The summed E-state index contributed by atoms with van der Waals surface area (Å²) in [5, 5.41) is 19.7. The Morgan fingerprint density at radius 1 is 1.28 bits per heavy atom. The van der Waals surface area contributed by atoms with Gasteiger partial charge >= 0.3 is 0 Å². The number of nitrogens with one attached hydrogen (secondary N) is 2. The van der Waals surface area contributed by atoms with E-state index in [4.69, 9.17) is 9.47 Å². The van der Waals surface area contributed by atoms with E-state index in [1.807, 2.05) is 0 Å². The molecule has 1 aromatic carbocycles. The molecule has 0 bridgehead atoms. The van der Waals surface area contributed by atoms with Crippen LogP contribution in [0.4, 0.5) is 5.69 Å². The highest BCUT2D eigenvalue weighted by Gasteiger charge is 2.23. The number of thiophene rings is 1. The Morgan fingerprint density at radius 2 is 2.03 bits per heavy atom. The van der Waals surface area contributed by atoms with Crippen molar-refractivity contribution in [2.45, 2.75) is 12.6 Å². The molecule has 32 heavy (non-hydrogen) atoms. The van der Waals surface area contributed by atoms with Gasteiger partial charge in [-0.15, -0.1) is 35.3 Å². The second kappa shape index (κ2) is 14.4. The van der Waals surface area contributed by atoms with Crippen molar-refractivity contribution in [3.63, 3.8) is 0 Å². The van der Waals surface area contributed by atoms with Crippen LogP contribution in [0.15, 0.2) is 46.8 Å². The molecule has 1 aromatic heterocycles. The average Bonchev–Trinajstić information content (AvgIpc) is 3.33. The minimum Gasteiger partial charge on any atom is -0.383 e. The molecule has 1 fully saturated rings. The molecule has 0 saturated carbocycles. The fourth-order valence-corrected chi connectivity index (χ4v) is 4.17. The van der Waals surface area contributed by atoms with Crippen LogP contribution in [0.25, 0.3) is 0 Å². The number of benzene rings is 1. The Balaban J connectivity index is 0.00000363. The lowest BCUT2D eigenvalue weighted by molar-refractivity contribution is -0.384. The number of non-ortho nitro benzene ring substituents is 1. The van der Waals surface area contributed by atoms with E-state index in [1.54, 1.807) is 30.6 Å². The summed E-state index contributed by atoms with van der Waals surface area (Å²) in [4.78, 5) is 18.8. The molecule has 0 radical (unpaired) electrons. The number of nitro benzene ring substituents is 1. The highest BCUT2D eigenvalue weighted by atomic mass is 127. The fraction of sp³-hybridized carbons (Fsp3) is 0.476. The molecule has 2 N–H and O–H groups in total. The first-order valence-electron chi connectivity index (χ1n) is 10.3. The number of morpholine rings is 1. The number of aliphatic imine (C=N–C) groups is 1. The number of rotatable bonds is 10. The number of ether oxygens (including phenoxy) is 2. The molecule has 1 aliphatic rings. The molecule has 176 valence electrons. The van der Waals surface area contributed by atoms with Crippen molar-refractivity contribution in [2.75, 3.05) is 53.1 Å². The zero-order chi connectivity index (χ0) is 21.9. The summed E-state index contributed by atoms with van der Waals surface area (Å²) in [7, 11) is 1.66. The Labute approximate surface area is 209 Å². The quantitative estimate of drug-likeness (QED) is 0.112. The SMILES string of the molecule is COCCNC(=NCc1ccc([N+](=O)[O-])cc1)NCC(c1cccs1)N1CCOCC1.I. The maximum Gasteiger partial charge on any atom is 0.269 e. The maximum absolute atomic E-state index is 10.8. The number of guanidine groups is 1. The van der Waals surface area contributed by atoms with Crippen LogP contribution in [0, 0.1) is 10.1 Å². The van der Waals surface area contributed by atoms with Gasteiger partial charge < -0.3 is 20.1 Å². The molecular formula is C21H30IN5O4S. The van der Waals surface area contributed by atoms with Crippen LogP contribution in [0.1, 0.15) is 16.5 Å². The van der Waals surface area contributed by atoms with Crippen molar-refractivity contribution in [2.24, 2.45) is 4.99 Å². The molecule has 0 aliphatic carbocycles. The second-order valence-electron chi connectivity index (χ2n) is 7.07. The first-order chi connectivity index (χ1) is 15.2. The normalized spacial score (nSPS) is 15.6. The number of methoxy groups -OCH3 is 1. The summed E-state index contributed by atoms with van der Waals surface area (Å²) in [5.41, 5.74) is 0.982. The molecule has 1 saturated heterocycles. The number of nitrogens with zero attached hydrogens (tertiary/aromatic N) is 3. The van der Waals surface area contributed by atoms with Gasteiger partial charge in [0.2, 0.25) is 0 Å². The monoisotopic (exact) mass is 575 g/mol. The molecule has 11 heteroatoms. The summed E-state index contributed by atoms with van der Waals surface area (Å²) in [5.74, 6) is 0.685. The minimum absolute atomic E-state index is 0. The molecule has 2 heterocycles. The largest absolute Gasteiger partial charge is 0.383 e. The molecule has 1 atom stereocenters. The molecule has 9 nitrogen and oxygen atoms in total. The van der Waals surface area contributed by atoms with Gasteiger partial charge in [0.05, 0.1) is 37.3 Å². The maximum atomic E-state index is 10.8.